The molecule has 2 saturated carbocycles. The number of imide groups is 1. The Bertz CT molecular complexity index is 485. The second-order valence-electron chi connectivity index (χ2n) is 6.79. The molecule has 3 aliphatic rings. The van der Waals surface area contributed by atoms with Gasteiger partial charge < -0.3 is 16.4 Å². The third-order valence-electron chi connectivity index (χ3n) is 5.14. The molecule has 1 saturated heterocycles. The number of urea groups is 1. The summed E-state index contributed by atoms with van der Waals surface area (Å²) >= 11 is 0. The fourth-order valence-electron chi connectivity index (χ4n) is 3.82. The molecule has 1 spiro atoms. The van der Waals surface area contributed by atoms with Crippen molar-refractivity contribution in [1.82, 2.24) is 15.5 Å². The number of nitrogens with one attached hydrogen (secondary N) is 2. The van der Waals surface area contributed by atoms with Crippen molar-refractivity contribution in [2.45, 2.75) is 69.0 Å². The second kappa shape index (κ2) is 7.05. The molecule has 4 N–H and O–H groups in total. The Balaban J connectivity index is 0.00000192. The number of halogens is 1. The number of hydrogen-bond acceptors (Lipinski definition) is 4. The lowest BCUT2D eigenvalue weighted by Gasteiger charge is -2.27. The van der Waals surface area contributed by atoms with Crippen LogP contribution in [0, 0.1) is 0 Å². The molecule has 3 rings (SSSR count). The number of carbonyl (C=O) groups is 3. The molecular formula is C15H25ClN4O3. The minimum atomic E-state index is -0.741. The standard InChI is InChI=1S/C15H24N4O3.ClH/c16-10-3-5-11(6-4-10)17-12(20)9-19-13(21)15(18-14(19)22)7-1-2-8-15;/h10-11H,1-9,16H2,(H,17,20)(H,18,22);1H. The summed E-state index contributed by atoms with van der Waals surface area (Å²) in [5, 5.41) is 5.70. The van der Waals surface area contributed by atoms with Crippen molar-refractivity contribution in [3.63, 3.8) is 0 Å². The highest BCUT2D eigenvalue weighted by Gasteiger charge is 2.52. The van der Waals surface area contributed by atoms with Crippen molar-refractivity contribution in [2.24, 2.45) is 5.73 Å². The van der Waals surface area contributed by atoms with Gasteiger partial charge in [0.2, 0.25) is 5.91 Å². The summed E-state index contributed by atoms with van der Waals surface area (Å²) in [7, 11) is 0. The minimum absolute atomic E-state index is 0. The van der Waals surface area contributed by atoms with Crippen LogP contribution in [0.4, 0.5) is 4.79 Å². The molecule has 0 bridgehead atoms. The van der Waals surface area contributed by atoms with Gasteiger partial charge >= 0.3 is 6.03 Å². The molecule has 0 aromatic heterocycles. The highest BCUT2D eigenvalue weighted by molar-refractivity contribution is 6.09. The first kappa shape index (κ1) is 18.0. The third kappa shape index (κ3) is 3.61. The van der Waals surface area contributed by atoms with E-state index in [2.05, 4.69) is 10.6 Å². The fourth-order valence-corrected chi connectivity index (χ4v) is 3.82. The van der Waals surface area contributed by atoms with E-state index in [1.54, 1.807) is 0 Å². The van der Waals surface area contributed by atoms with Gasteiger partial charge in [-0.15, -0.1) is 12.4 Å². The zero-order chi connectivity index (χ0) is 15.7. The van der Waals surface area contributed by atoms with Gasteiger partial charge in [0.05, 0.1) is 0 Å². The molecule has 2 aliphatic carbocycles. The molecule has 0 aromatic rings. The molecule has 1 aliphatic heterocycles. The highest BCUT2D eigenvalue weighted by atomic mass is 35.5. The predicted molar refractivity (Wildman–Crippen MR) is 87.1 cm³/mol. The highest BCUT2D eigenvalue weighted by Crippen LogP contribution is 2.34. The molecule has 130 valence electrons. The van der Waals surface area contributed by atoms with E-state index >= 15 is 0 Å². The molecule has 3 fully saturated rings. The number of carbonyl (C=O) groups excluding carboxylic acids is 3. The summed E-state index contributed by atoms with van der Waals surface area (Å²) in [5.41, 5.74) is 5.10. The van der Waals surface area contributed by atoms with Gasteiger partial charge in [0.25, 0.3) is 5.91 Å². The summed E-state index contributed by atoms with van der Waals surface area (Å²) in [6, 6.07) is -0.109. The van der Waals surface area contributed by atoms with Crippen LogP contribution in [0.2, 0.25) is 0 Å². The lowest BCUT2D eigenvalue weighted by molar-refractivity contribution is -0.135. The first-order valence-electron chi connectivity index (χ1n) is 8.19. The average molecular weight is 345 g/mol. The van der Waals surface area contributed by atoms with Crippen LogP contribution >= 0.6 is 12.4 Å². The molecule has 23 heavy (non-hydrogen) atoms. The Hall–Kier alpha value is -1.34. The number of hydrogen-bond donors (Lipinski definition) is 3. The van der Waals surface area contributed by atoms with Crippen molar-refractivity contribution < 1.29 is 14.4 Å². The maximum atomic E-state index is 12.5. The summed E-state index contributed by atoms with van der Waals surface area (Å²) in [5.74, 6) is -0.505. The smallest absolute Gasteiger partial charge is 0.325 e. The zero-order valence-corrected chi connectivity index (χ0v) is 14.0. The van der Waals surface area contributed by atoms with Gasteiger partial charge in [-0.1, -0.05) is 12.8 Å². The Kier molecular flexibility index (Phi) is 5.52. The first-order chi connectivity index (χ1) is 10.5. The minimum Gasteiger partial charge on any atom is -0.352 e. The number of rotatable bonds is 3. The average Bonchev–Trinajstić information content (AvgIpc) is 3.03. The number of nitrogens with two attached hydrogens (primary N) is 1. The third-order valence-corrected chi connectivity index (χ3v) is 5.14. The van der Waals surface area contributed by atoms with Crippen LogP contribution in [-0.2, 0) is 9.59 Å². The van der Waals surface area contributed by atoms with Gasteiger partial charge in [0, 0.05) is 12.1 Å². The molecular weight excluding hydrogens is 320 g/mol. The van der Waals surface area contributed by atoms with E-state index < -0.39 is 11.6 Å². The zero-order valence-electron chi connectivity index (χ0n) is 13.2. The normalized spacial score (nSPS) is 29.3. The SMILES string of the molecule is Cl.NC1CCC(NC(=O)CN2C(=O)NC3(CCCC3)C2=O)CC1. The van der Waals surface area contributed by atoms with E-state index in [9.17, 15) is 14.4 Å². The van der Waals surface area contributed by atoms with E-state index in [-0.39, 0.29) is 42.8 Å². The van der Waals surface area contributed by atoms with Crippen LogP contribution in [0.3, 0.4) is 0 Å². The van der Waals surface area contributed by atoms with Crippen molar-refractivity contribution in [3.05, 3.63) is 0 Å². The van der Waals surface area contributed by atoms with Gasteiger partial charge in [-0.25, -0.2) is 4.79 Å². The lowest BCUT2D eigenvalue weighted by atomic mass is 9.92. The van der Waals surface area contributed by atoms with Gasteiger partial charge in [0.15, 0.2) is 0 Å². The van der Waals surface area contributed by atoms with Gasteiger partial charge in [0.1, 0.15) is 12.1 Å². The molecule has 0 aromatic carbocycles. The van der Waals surface area contributed by atoms with Crippen LogP contribution < -0.4 is 16.4 Å². The molecule has 1 heterocycles. The topological polar surface area (TPSA) is 105 Å². The first-order valence-corrected chi connectivity index (χ1v) is 8.19. The molecule has 8 heteroatoms. The molecule has 4 amide bonds. The fraction of sp³-hybridized carbons (Fsp3) is 0.800. The van der Waals surface area contributed by atoms with Gasteiger partial charge in [-0.2, -0.15) is 0 Å². The summed E-state index contributed by atoms with van der Waals surface area (Å²) < 4.78 is 0. The molecule has 0 radical (unpaired) electrons. The monoisotopic (exact) mass is 344 g/mol. The van der Waals surface area contributed by atoms with E-state index in [4.69, 9.17) is 5.73 Å². The lowest BCUT2D eigenvalue weighted by Crippen LogP contribution is -2.47. The van der Waals surface area contributed by atoms with Crippen molar-refractivity contribution >= 4 is 30.3 Å². The van der Waals surface area contributed by atoms with Crippen LogP contribution in [0.5, 0.6) is 0 Å². The largest absolute Gasteiger partial charge is 0.352 e. The Labute approximate surface area is 142 Å². The van der Waals surface area contributed by atoms with Crippen LogP contribution in [0.25, 0.3) is 0 Å². The summed E-state index contributed by atoms with van der Waals surface area (Å²) in [6.45, 7) is -0.186. The Morgan fingerprint density at radius 2 is 1.83 bits per heavy atom. The quantitative estimate of drug-likeness (QED) is 0.654. The Morgan fingerprint density at radius 3 is 2.43 bits per heavy atom. The van der Waals surface area contributed by atoms with Crippen LogP contribution in [0.15, 0.2) is 0 Å². The van der Waals surface area contributed by atoms with E-state index in [1.165, 1.54) is 0 Å². The second-order valence-corrected chi connectivity index (χ2v) is 6.79. The summed E-state index contributed by atoms with van der Waals surface area (Å²) in [4.78, 5) is 37.7. The van der Waals surface area contributed by atoms with Gasteiger partial charge in [-0.3, -0.25) is 14.5 Å². The van der Waals surface area contributed by atoms with Gasteiger partial charge in [-0.05, 0) is 38.5 Å². The maximum absolute atomic E-state index is 12.5. The van der Waals surface area contributed by atoms with E-state index in [0.717, 1.165) is 43.4 Å². The van der Waals surface area contributed by atoms with Crippen molar-refractivity contribution in [2.75, 3.05) is 6.54 Å². The predicted octanol–water partition coefficient (Wildman–Crippen LogP) is 0.659. The molecule has 0 atom stereocenters. The number of amides is 4. The van der Waals surface area contributed by atoms with Crippen LogP contribution in [-0.4, -0.2) is 46.9 Å². The maximum Gasteiger partial charge on any atom is 0.325 e. The van der Waals surface area contributed by atoms with Crippen molar-refractivity contribution in [1.29, 1.82) is 0 Å². The molecule has 7 nitrogen and oxygen atoms in total. The molecule has 0 unspecified atom stereocenters. The Morgan fingerprint density at radius 1 is 1.22 bits per heavy atom. The van der Waals surface area contributed by atoms with Crippen molar-refractivity contribution in [3.8, 4) is 0 Å². The van der Waals surface area contributed by atoms with Crippen LogP contribution in [0.1, 0.15) is 51.4 Å². The summed E-state index contributed by atoms with van der Waals surface area (Å²) in [6.07, 6.45) is 6.75. The van der Waals surface area contributed by atoms with E-state index in [1.807, 2.05) is 0 Å². The number of nitrogens with zero attached hydrogens (tertiary/aromatic N) is 1. The van der Waals surface area contributed by atoms with E-state index in [0.29, 0.717) is 12.8 Å².